The Bertz CT molecular complexity index is 4580. The number of ether oxygens (including phenoxy) is 10. The summed E-state index contributed by atoms with van der Waals surface area (Å²) >= 11 is 4.24. The number of rotatable bonds is 36. The number of nitrogens with one attached hydrogen (secondary N) is 3. The van der Waals surface area contributed by atoms with Crippen molar-refractivity contribution in [3.05, 3.63) is 229 Å². The molecule has 6 saturated heterocycles. The van der Waals surface area contributed by atoms with E-state index in [1.807, 2.05) is 170 Å². The van der Waals surface area contributed by atoms with Crippen LogP contribution >= 0.6 is 61.2 Å². The normalized spacial score (nSPS) is 21.3. The van der Waals surface area contributed by atoms with Crippen molar-refractivity contribution in [2.24, 2.45) is 52.7 Å². The Kier molecular flexibility index (Phi) is 44.6. The van der Waals surface area contributed by atoms with E-state index in [9.17, 15) is 44.7 Å². The van der Waals surface area contributed by atoms with Gasteiger partial charge in [-0.2, -0.15) is 12.9 Å². The number of carbonyl (C=O) groups excluding carboxylic acids is 3. The number of aromatic hydroxyl groups is 1. The molecule has 0 radical (unpaired) electrons. The van der Waals surface area contributed by atoms with E-state index in [1.54, 1.807) is 48.5 Å². The van der Waals surface area contributed by atoms with E-state index >= 15 is 0 Å². The minimum Gasteiger partial charge on any atom is -0.508 e. The number of sulfonamides is 3. The van der Waals surface area contributed by atoms with E-state index in [4.69, 9.17) is 64.6 Å². The van der Waals surface area contributed by atoms with Crippen molar-refractivity contribution in [3.63, 3.8) is 0 Å². The maximum atomic E-state index is 13.9. The molecule has 7 aromatic rings. The Labute approximate surface area is 797 Å². The van der Waals surface area contributed by atoms with Crippen LogP contribution in [0, 0.1) is 49.9 Å². The Hall–Kier alpha value is -5.83. The minimum atomic E-state index is -3.92. The van der Waals surface area contributed by atoms with Gasteiger partial charge < -0.3 is 93.1 Å². The number of halogens is 3. The van der Waals surface area contributed by atoms with Crippen molar-refractivity contribution >= 4 is 110 Å². The minimum absolute atomic E-state index is 0. The van der Waals surface area contributed by atoms with Gasteiger partial charge in [0.05, 0.1) is 90.2 Å². The number of phenols is 1. The number of fused-ring (bicyclic) bond motifs is 3. The van der Waals surface area contributed by atoms with Crippen molar-refractivity contribution in [3.8, 4) is 11.5 Å². The monoisotopic (exact) mass is 2230 g/mol. The van der Waals surface area contributed by atoms with Crippen LogP contribution in [0.1, 0.15) is 88.6 Å². The first-order valence-electron chi connectivity index (χ1n) is 41.7. The molecule has 36 heteroatoms. The van der Waals surface area contributed by atoms with Gasteiger partial charge in [0.25, 0.3) is 0 Å². The zero-order chi connectivity index (χ0) is 88.4. The second-order valence-electron chi connectivity index (χ2n) is 32.9. The van der Waals surface area contributed by atoms with Crippen molar-refractivity contribution in [2.75, 3.05) is 78.9 Å². The van der Waals surface area contributed by atoms with Gasteiger partial charge in [-0.1, -0.05) is 181 Å². The summed E-state index contributed by atoms with van der Waals surface area (Å²) in [5, 5.41) is 18.4. The summed E-state index contributed by atoms with van der Waals surface area (Å²) in [7, 11) is -11.6. The van der Waals surface area contributed by atoms with E-state index in [1.165, 1.54) is 37.2 Å². The largest absolute Gasteiger partial charge is 0.508 e. The number of alkyl carbamates (subject to hydrolysis) is 3. The van der Waals surface area contributed by atoms with E-state index in [-0.39, 0.29) is 179 Å². The van der Waals surface area contributed by atoms with Gasteiger partial charge in [0.1, 0.15) is 36.4 Å². The Morgan fingerprint density at radius 2 is 0.690 bits per heavy atom. The van der Waals surface area contributed by atoms with Gasteiger partial charge in [0.15, 0.2) is 18.9 Å². The maximum Gasteiger partial charge on any atom is 0.407 e. The number of phenolic OH excluding ortho intramolecular Hbond substituents is 1. The molecule has 6 fully saturated rings. The maximum absolute atomic E-state index is 13.9. The molecule has 0 aromatic heterocycles. The number of hydrogen-bond acceptors (Lipinski definition) is 23. The number of hydrogen-bond donors (Lipinski definition) is 7. The molecule has 6 heterocycles. The predicted octanol–water partition coefficient (Wildman–Crippen LogP) is 12.7. The molecule has 10 N–H and O–H groups in total. The molecule has 7 aromatic carbocycles. The van der Waals surface area contributed by atoms with Gasteiger partial charge in [-0.3, -0.25) is 0 Å². The number of amides is 3. The molecule has 126 heavy (non-hydrogen) atoms. The molecule has 6 aliphatic heterocycles. The molecular weight excluding hydrogens is 2110 g/mol. The molecule has 0 bridgehead atoms. The fourth-order valence-electron chi connectivity index (χ4n) is 15.5. The molecule has 0 spiro atoms. The Morgan fingerprint density at radius 3 is 0.976 bits per heavy atom. The zero-order valence-corrected chi connectivity index (χ0v) is 82.9. The van der Waals surface area contributed by atoms with Crippen LogP contribution in [0.2, 0.25) is 0 Å². The first-order chi connectivity index (χ1) is 58.9. The molecule has 0 aliphatic carbocycles. The summed E-state index contributed by atoms with van der Waals surface area (Å²) in [6, 6.07) is 53.3. The van der Waals surface area contributed by atoms with Gasteiger partial charge in [-0.15, -0.1) is 24.0 Å². The van der Waals surface area contributed by atoms with Crippen molar-refractivity contribution in [2.45, 2.75) is 182 Å². The van der Waals surface area contributed by atoms with E-state index in [0.29, 0.717) is 58.0 Å². The van der Waals surface area contributed by atoms with Gasteiger partial charge in [-0.25, -0.2) is 39.6 Å². The average Bonchev–Trinajstić information content (AvgIpc) is 1.51. The molecule has 0 unspecified atom stereocenters. The van der Waals surface area contributed by atoms with Crippen LogP contribution in [0.25, 0.3) is 0 Å². The van der Waals surface area contributed by atoms with Crippen LogP contribution in [-0.2, 0) is 119 Å². The predicted molar refractivity (Wildman–Crippen MR) is 505 cm³/mol. The fourth-order valence-corrected chi connectivity index (χ4v) is 20.4. The third-order valence-corrected chi connectivity index (χ3v) is 27.4. The molecular formula is C90H123I3N9O20PdS3-. The Morgan fingerprint density at radius 1 is 0.421 bits per heavy atom. The number of nitrogens with zero attached hydrogens (tertiary/aromatic N) is 3. The van der Waals surface area contributed by atoms with Gasteiger partial charge in [-0.05, 0) is 146 Å². The van der Waals surface area contributed by atoms with Crippen LogP contribution in [0.4, 0.5) is 14.4 Å². The number of benzene rings is 7. The number of carbonyl (C=O) groups is 3. The second-order valence-corrected chi connectivity index (χ2v) is 38.7. The van der Waals surface area contributed by atoms with Crippen molar-refractivity contribution in [1.29, 1.82) is 0 Å². The van der Waals surface area contributed by atoms with Crippen LogP contribution in [0.3, 0.4) is 0 Å². The quantitative estimate of drug-likeness (QED) is 0.00830. The first kappa shape index (κ1) is 107. The number of nitrogens with two attached hydrogens (primary N) is 3. The molecule has 3 amide bonds. The summed E-state index contributed by atoms with van der Waals surface area (Å²) in [6.07, 6.45) is -0.561. The third kappa shape index (κ3) is 31.7. The molecule has 15 atom stereocenters. The summed E-state index contributed by atoms with van der Waals surface area (Å²) in [5.74, 6) is 0.708. The standard InChI is InChI=1S/C34H43N3O7S.C28H39N3O6S.C27H37N3O7S.CH3.I2.HI.Pd/c1-24(2)20-37(45(39,40)28-15-13-27(14-16-28)42-22-26-11-7-4-8-12-26)21-30(35)31(19-25-9-5-3-6-10-25)36-34(38)44-32-23-43-33-29(32)17-18-41-33;1-19(2)16-31(38(33,34)22-11-9-20(3)10-12-22)17-24(29)25(15-21-7-5-4-6-8-21)30-28(32)37-26-18-36-27-23(26)13-14-35-27;1-18(2)15-30(38(33,34)21-10-8-20(31)9-11-21)16-23(28)24(14-19-6-4-3-5-7-19)29-27(32)37-25-17-36-26-22(25)12-13-35-26;;1-2;;/h3-16,24,29-33H,17-23,35H2,1-2H3,(H,36,38);4-12,19,23-27H,13-18,29H2,1-3H3,(H,30,32);3-11,18,22-26,31H,12-17,28H2,1-2H3,(H,29,32);1H3;;1H;/q;;;-1;;;/t29-,30+,31-,32-,33+;23-,24+,25-,26-,27+;22-,23+,24-,25-,26+;;;;/m000..../s1. The Balaban J connectivity index is 0.000000255. The van der Waals surface area contributed by atoms with E-state index in [2.05, 4.69) is 53.2 Å². The van der Waals surface area contributed by atoms with E-state index in [0.717, 1.165) is 47.1 Å². The summed E-state index contributed by atoms with van der Waals surface area (Å²) < 4.78 is 143. The molecule has 698 valence electrons. The first-order valence-corrected chi connectivity index (χ1v) is 52.3. The smallest absolute Gasteiger partial charge is 0.407 e. The summed E-state index contributed by atoms with van der Waals surface area (Å²) in [5.41, 5.74) is 24.9. The van der Waals surface area contributed by atoms with Crippen molar-refractivity contribution < 1.29 is 113 Å². The summed E-state index contributed by atoms with van der Waals surface area (Å²) in [6.45, 7) is 17.3. The van der Waals surface area contributed by atoms with E-state index < -0.39 is 103 Å². The zero-order valence-electron chi connectivity index (χ0n) is 72.3. The number of aryl methyl sites for hydroxylation is 1. The third-order valence-electron chi connectivity index (χ3n) is 21.9. The van der Waals surface area contributed by atoms with Crippen LogP contribution in [-0.4, -0.2) is 214 Å². The topological polar surface area (TPSA) is 390 Å². The second kappa shape index (κ2) is 52.4. The SMILES string of the molecule is CC(C)CN(C[C@@H](N)[C@H](Cc1ccccc1)NC(=O)O[C@H]1CO[C@H]2OCC[C@H]21)S(=O)(=O)c1ccc(O)cc1.CC(C)CN(C[C@@H](N)[C@H](Cc1ccccc1)NC(=O)O[C@H]1CO[C@H]2OCC[C@H]21)S(=O)(=O)c1ccc(OCc2ccccc2)cc1.Cc1ccc(S(=O)(=O)N(CC(C)C)C[C@@H](N)[C@H](Cc2ccccc2)NC(=O)O[C@H]2CO[C@H]3OCC[C@H]32)cc1.I.II.[CH3-].[Pd]. The van der Waals surface area contributed by atoms with Crippen LogP contribution < -0.4 is 37.9 Å². The van der Waals surface area contributed by atoms with Crippen molar-refractivity contribution in [1.82, 2.24) is 28.9 Å². The molecule has 29 nitrogen and oxygen atoms in total. The van der Waals surface area contributed by atoms with Gasteiger partial charge in [0.2, 0.25) is 30.1 Å². The fraction of sp³-hybridized carbons (Fsp3) is 0.489. The molecule has 13 rings (SSSR count). The average molecular weight is 2230 g/mol. The molecule has 0 saturated carbocycles. The van der Waals surface area contributed by atoms with Crippen LogP contribution in [0.15, 0.2) is 209 Å². The molecule has 6 aliphatic rings. The van der Waals surface area contributed by atoms with Crippen LogP contribution in [0.5, 0.6) is 11.5 Å². The van der Waals surface area contributed by atoms with Gasteiger partial charge in [0, 0.05) is 115 Å². The van der Waals surface area contributed by atoms with Gasteiger partial charge >= 0.3 is 18.3 Å². The summed E-state index contributed by atoms with van der Waals surface area (Å²) in [4.78, 5) is 39.5.